The number of phosphoric acid groups is 1. The van der Waals surface area contributed by atoms with Crippen molar-refractivity contribution in [1.29, 1.82) is 0 Å². The standard InChI is InChI=1S/C3H4F5O4P/c4-2(5,6)1-3(7,8)12-13(9,10)11/h1H2,(H2,9,10,11). The molecule has 0 aromatic heterocycles. The molecular weight excluding hydrogens is 226 g/mol. The van der Waals surface area contributed by atoms with Gasteiger partial charge in [0.15, 0.2) is 0 Å². The molecule has 2 N–H and O–H groups in total. The fraction of sp³-hybridized carbons (Fsp3) is 1.00. The molecule has 0 heterocycles. The fourth-order valence-corrected chi connectivity index (χ4v) is 0.852. The molecule has 0 saturated heterocycles. The van der Waals surface area contributed by atoms with Gasteiger partial charge in [-0.1, -0.05) is 0 Å². The van der Waals surface area contributed by atoms with E-state index < -0.39 is 26.5 Å². The van der Waals surface area contributed by atoms with Gasteiger partial charge in [0.1, 0.15) is 6.42 Å². The molecule has 0 aliphatic carbocycles. The molecule has 80 valence electrons. The maximum absolute atomic E-state index is 12.0. The predicted octanol–water partition coefficient (Wildman–Crippen LogP) is 1.64. The number of hydrogen-bond donors (Lipinski definition) is 2. The van der Waals surface area contributed by atoms with E-state index >= 15 is 0 Å². The van der Waals surface area contributed by atoms with Gasteiger partial charge in [-0.3, -0.25) is 0 Å². The first-order valence-electron chi connectivity index (χ1n) is 2.62. The number of hydrogen-bond acceptors (Lipinski definition) is 2. The van der Waals surface area contributed by atoms with E-state index in [0.29, 0.717) is 0 Å². The summed E-state index contributed by atoms with van der Waals surface area (Å²) in [4.78, 5) is 15.6. The molecule has 0 fully saturated rings. The predicted molar refractivity (Wildman–Crippen MR) is 28.7 cm³/mol. The Morgan fingerprint density at radius 1 is 1.15 bits per heavy atom. The van der Waals surface area contributed by atoms with Gasteiger partial charge < -0.3 is 9.79 Å². The molecule has 0 rings (SSSR count). The van der Waals surface area contributed by atoms with Gasteiger partial charge in [0.2, 0.25) is 0 Å². The number of rotatable bonds is 3. The lowest BCUT2D eigenvalue weighted by Crippen LogP contribution is -2.27. The molecule has 0 aromatic rings. The molecule has 4 nitrogen and oxygen atoms in total. The van der Waals surface area contributed by atoms with Crippen molar-refractivity contribution in [1.82, 2.24) is 0 Å². The Bertz CT molecular complexity index is 218. The van der Waals surface area contributed by atoms with Crippen molar-refractivity contribution in [2.24, 2.45) is 0 Å². The third-order valence-electron chi connectivity index (χ3n) is 0.659. The average molecular weight is 230 g/mol. The van der Waals surface area contributed by atoms with Crippen LogP contribution in [0.15, 0.2) is 0 Å². The Hall–Kier alpha value is -0.240. The maximum Gasteiger partial charge on any atom is 0.474 e. The minimum absolute atomic E-state index is 2.61. The average Bonchev–Trinajstić information content (AvgIpc) is 1.43. The van der Waals surface area contributed by atoms with E-state index in [1.165, 1.54) is 0 Å². The molecule has 0 amide bonds. The first kappa shape index (κ1) is 12.8. The van der Waals surface area contributed by atoms with E-state index in [0.717, 1.165) is 0 Å². The second-order valence-corrected chi connectivity index (χ2v) is 3.17. The van der Waals surface area contributed by atoms with Gasteiger partial charge in [-0.2, -0.15) is 22.0 Å². The molecule has 0 radical (unpaired) electrons. The summed E-state index contributed by atoms with van der Waals surface area (Å²) in [5.74, 6) is 0. The van der Waals surface area contributed by atoms with Crippen LogP contribution in [0.3, 0.4) is 0 Å². The lowest BCUT2D eigenvalue weighted by Gasteiger charge is -2.18. The molecule has 0 atom stereocenters. The van der Waals surface area contributed by atoms with Crippen LogP contribution in [0.5, 0.6) is 0 Å². The highest BCUT2D eigenvalue weighted by atomic mass is 31.2. The van der Waals surface area contributed by atoms with E-state index in [2.05, 4.69) is 4.52 Å². The maximum atomic E-state index is 12.0. The van der Waals surface area contributed by atoms with Gasteiger partial charge >= 0.3 is 20.1 Å². The number of alkyl halides is 5. The van der Waals surface area contributed by atoms with Crippen molar-refractivity contribution in [3.05, 3.63) is 0 Å². The molecule has 0 aliphatic heterocycles. The molecule has 10 heteroatoms. The zero-order valence-corrected chi connectivity index (χ0v) is 6.65. The SMILES string of the molecule is O=P(O)(O)OC(F)(F)CC(F)(F)F. The van der Waals surface area contributed by atoms with Crippen LogP contribution in [-0.4, -0.2) is 22.1 Å². The summed E-state index contributed by atoms with van der Waals surface area (Å²) in [6, 6.07) is 0. The van der Waals surface area contributed by atoms with E-state index in [-0.39, 0.29) is 0 Å². The topological polar surface area (TPSA) is 66.8 Å². The zero-order valence-electron chi connectivity index (χ0n) is 5.76. The highest BCUT2D eigenvalue weighted by molar-refractivity contribution is 7.46. The highest BCUT2D eigenvalue weighted by Gasteiger charge is 2.48. The van der Waals surface area contributed by atoms with Crippen LogP contribution < -0.4 is 0 Å². The van der Waals surface area contributed by atoms with Gasteiger partial charge in [-0.05, 0) is 0 Å². The van der Waals surface area contributed by atoms with Gasteiger partial charge in [0.25, 0.3) is 0 Å². The second-order valence-electron chi connectivity index (χ2n) is 2.01. The van der Waals surface area contributed by atoms with Crippen molar-refractivity contribution < 1.29 is 40.8 Å². The Morgan fingerprint density at radius 3 is 1.77 bits per heavy atom. The first-order chi connectivity index (χ1) is 5.41. The summed E-state index contributed by atoms with van der Waals surface area (Å²) >= 11 is 0. The summed E-state index contributed by atoms with van der Waals surface area (Å²) < 4.78 is 70.3. The summed E-state index contributed by atoms with van der Waals surface area (Å²) in [6.07, 6.45) is -12.9. The van der Waals surface area contributed by atoms with E-state index in [1.807, 2.05) is 0 Å². The van der Waals surface area contributed by atoms with Crippen molar-refractivity contribution in [3.63, 3.8) is 0 Å². The Morgan fingerprint density at radius 2 is 1.54 bits per heavy atom. The van der Waals surface area contributed by atoms with Crippen molar-refractivity contribution in [2.75, 3.05) is 0 Å². The van der Waals surface area contributed by atoms with Crippen molar-refractivity contribution in [3.8, 4) is 0 Å². The van der Waals surface area contributed by atoms with Crippen LogP contribution in [0.25, 0.3) is 0 Å². The largest absolute Gasteiger partial charge is 0.474 e. The van der Waals surface area contributed by atoms with Gasteiger partial charge in [0.05, 0.1) is 0 Å². The summed E-state index contributed by atoms with van der Waals surface area (Å²) in [5.41, 5.74) is 0. The molecule has 13 heavy (non-hydrogen) atoms. The summed E-state index contributed by atoms with van der Waals surface area (Å²) in [6.45, 7) is 0. The molecule has 0 aliphatic rings. The highest BCUT2D eigenvalue weighted by Crippen LogP contribution is 2.46. The summed E-state index contributed by atoms with van der Waals surface area (Å²) in [5, 5.41) is 0. The first-order valence-corrected chi connectivity index (χ1v) is 4.15. The van der Waals surface area contributed by atoms with Gasteiger partial charge in [-0.15, -0.1) is 0 Å². The quantitative estimate of drug-likeness (QED) is 0.571. The third-order valence-corrected chi connectivity index (χ3v) is 1.16. The Kier molecular flexibility index (Phi) is 3.42. The monoisotopic (exact) mass is 230 g/mol. The van der Waals surface area contributed by atoms with Crippen LogP contribution in [0.2, 0.25) is 0 Å². The van der Waals surface area contributed by atoms with Crippen molar-refractivity contribution in [2.45, 2.75) is 18.7 Å². The van der Waals surface area contributed by atoms with Gasteiger partial charge in [-0.25, -0.2) is 9.09 Å². The normalized spacial score (nSPS) is 14.7. The minimum Gasteiger partial charge on any atom is -0.303 e. The van der Waals surface area contributed by atoms with Crippen LogP contribution in [-0.2, 0) is 9.09 Å². The Balaban J connectivity index is 4.34. The second kappa shape index (κ2) is 3.49. The molecule has 0 aromatic carbocycles. The van der Waals surface area contributed by atoms with Gasteiger partial charge in [0, 0.05) is 0 Å². The molecule has 0 spiro atoms. The number of halogens is 5. The smallest absolute Gasteiger partial charge is 0.303 e. The lowest BCUT2D eigenvalue weighted by molar-refractivity contribution is -0.259. The molecule has 0 unspecified atom stereocenters. The Labute approximate surface area is 68.5 Å². The van der Waals surface area contributed by atoms with Crippen LogP contribution >= 0.6 is 7.82 Å². The zero-order chi connectivity index (χ0) is 10.9. The van der Waals surface area contributed by atoms with E-state index in [4.69, 9.17) is 9.79 Å². The molecular formula is C3H4F5O4P. The van der Waals surface area contributed by atoms with E-state index in [9.17, 15) is 26.5 Å². The number of phosphoric ester groups is 1. The fourth-order valence-electron chi connectivity index (χ4n) is 0.440. The summed E-state index contributed by atoms with van der Waals surface area (Å²) in [7, 11) is -5.62. The van der Waals surface area contributed by atoms with Crippen LogP contribution in [0, 0.1) is 0 Å². The minimum atomic E-state index is -5.62. The third kappa shape index (κ3) is 8.10. The van der Waals surface area contributed by atoms with Crippen LogP contribution in [0.4, 0.5) is 22.0 Å². The van der Waals surface area contributed by atoms with Crippen LogP contribution in [0.1, 0.15) is 6.42 Å². The molecule has 0 saturated carbocycles. The van der Waals surface area contributed by atoms with Crippen molar-refractivity contribution >= 4 is 7.82 Å². The molecule has 0 bridgehead atoms. The lowest BCUT2D eigenvalue weighted by atomic mass is 10.4. The van der Waals surface area contributed by atoms with E-state index in [1.54, 1.807) is 0 Å².